The molecule has 0 atom stereocenters. The number of carbonyl (C=O) groups is 1. The fraction of sp³-hybridized carbons (Fsp3) is 0.250. The Labute approximate surface area is 162 Å². The minimum atomic E-state index is -0.336. The smallest absolute Gasteiger partial charge is 0.289 e. The first-order valence-electron chi connectivity index (χ1n) is 8.92. The number of amides is 1. The van der Waals surface area contributed by atoms with Gasteiger partial charge in [-0.3, -0.25) is 9.89 Å². The van der Waals surface area contributed by atoms with Gasteiger partial charge in [0.15, 0.2) is 0 Å². The Bertz CT molecular complexity index is 870. The van der Waals surface area contributed by atoms with Crippen molar-refractivity contribution in [3.05, 3.63) is 58.4 Å². The van der Waals surface area contributed by atoms with Crippen LogP contribution in [0.25, 0.3) is 11.3 Å². The van der Waals surface area contributed by atoms with Crippen molar-refractivity contribution >= 4 is 23.5 Å². The number of carbonyl (C=O) groups excluding carboxylic acids is 1. The standard InChI is InChI=1S/C20H22N4O2S/c1-2-3-4-11-26-16-9-7-15(8-10-16)18-13-19(23-22-18)20(25)24-21-14-17-6-5-12-27-17/h5-10,12-14H,2-4,11H2,1H3,(H,22,23)(H,24,25)/b21-14-. The molecule has 27 heavy (non-hydrogen) atoms. The summed E-state index contributed by atoms with van der Waals surface area (Å²) in [5.74, 6) is 0.503. The van der Waals surface area contributed by atoms with Crippen LogP contribution in [0.2, 0.25) is 0 Å². The number of hydrogen-bond acceptors (Lipinski definition) is 5. The van der Waals surface area contributed by atoms with Gasteiger partial charge in [0.2, 0.25) is 0 Å². The van der Waals surface area contributed by atoms with Crippen LogP contribution in [0.5, 0.6) is 5.75 Å². The Kier molecular flexibility index (Phi) is 6.76. The van der Waals surface area contributed by atoms with Crippen LogP contribution in [-0.4, -0.2) is 28.9 Å². The number of ether oxygens (including phenoxy) is 1. The molecule has 0 unspecified atom stereocenters. The highest BCUT2D eigenvalue weighted by atomic mass is 32.1. The highest BCUT2D eigenvalue weighted by Crippen LogP contribution is 2.21. The number of rotatable bonds is 9. The van der Waals surface area contributed by atoms with Crippen molar-refractivity contribution in [2.24, 2.45) is 5.10 Å². The Morgan fingerprint density at radius 2 is 2.15 bits per heavy atom. The molecule has 0 aliphatic carbocycles. The van der Waals surface area contributed by atoms with E-state index in [-0.39, 0.29) is 5.91 Å². The number of unbranched alkanes of at least 4 members (excludes halogenated alkanes) is 2. The summed E-state index contributed by atoms with van der Waals surface area (Å²) >= 11 is 1.55. The molecular formula is C20H22N4O2S. The number of thiophene rings is 1. The zero-order valence-electron chi connectivity index (χ0n) is 15.1. The Morgan fingerprint density at radius 3 is 2.89 bits per heavy atom. The maximum atomic E-state index is 12.1. The molecule has 0 bridgehead atoms. The minimum Gasteiger partial charge on any atom is -0.494 e. The summed E-state index contributed by atoms with van der Waals surface area (Å²) in [5.41, 5.74) is 4.45. The number of hydrazone groups is 1. The molecule has 2 N–H and O–H groups in total. The fourth-order valence-corrected chi connectivity index (χ4v) is 3.01. The van der Waals surface area contributed by atoms with Gasteiger partial charge in [0.05, 0.1) is 18.5 Å². The lowest BCUT2D eigenvalue weighted by Gasteiger charge is -2.06. The summed E-state index contributed by atoms with van der Waals surface area (Å²) < 4.78 is 5.71. The summed E-state index contributed by atoms with van der Waals surface area (Å²) in [6.45, 7) is 2.90. The molecule has 0 saturated carbocycles. The topological polar surface area (TPSA) is 79.4 Å². The van der Waals surface area contributed by atoms with E-state index in [0.29, 0.717) is 11.4 Å². The van der Waals surface area contributed by atoms with Gasteiger partial charge in [0, 0.05) is 10.4 Å². The van der Waals surface area contributed by atoms with E-state index in [1.165, 1.54) is 12.8 Å². The predicted octanol–water partition coefficient (Wildman–Crippen LogP) is 4.47. The number of hydrogen-bond donors (Lipinski definition) is 2. The molecule has 6 nitrogen and oxygen atoms in total. The van der Waals surface area contributed by atoms with Crippen molar-refractivity contribution in [2.75, 3.05) is 6.61 Å². The first kappa shape index (κ1) is 18.8. The lowest BCUT2D eigenvalue weighted by molar-refractivity contribution is 0.0950. The molecule has 0 aliphatic heterocycles. The molecule has 0 fully saturated rings. The first-order valence-corrected chi connectivity index (χ1v) is 9.80. The molecule has 140 valence electrons. The van der Waals surface area contributed by atoms with Crippen LogP contribution in [0.4, 0.5) is 0 Å². The molecule has 1 aromatic carbocycles. The minimum absolute atomic E-state index is 0.336. The molecule has 0 spiro atoms. The van der Waals surface area contributed by atoms with Gasteiger partial charge in [0.1, 0.15) is 11.4 Å². The number of nitrogens with one attached hydrogen (secondary N) is 2. The van der Waals surface area contributed by atoms with Crippen molar-refractivity contribution in [3.63, 3.8) is 0 Å². The Morgan fingerprint density at radius 1 is 1.30 bits per heavy atom. The van der Waals surface area contributed by atoms with E-state index in [1.807, 2.05) is 41.8 Å². The maximum Gasteiger partial charge on any atom is 0.289 e. The third-order valence-corrected chi connectivity index (χ3v) is 4.70. The van der Waals surface area contributed by atoms with E-state index in [2.05, 4.69) is 27.6 Å². The Balaban J connectivity index is 1.55. The lowest BCUT2D eigenvalue weighted by atomic mass is 10.1. The van der Waals surface area contributed by atoms with E-state index >= 15 is 0 Å². The average molecular weight is 382 g/mol. The van der Waals surface area contributed by atoms with Crippen LogP contribution in [0.15, 0.2) is 52.9 Å². The monoisotopic (exact) mass is 382 g/mol. The molecule has 0 saturated heterocycles. The van der Waals surface area contributed by atoms with Gasteiger partial charge in [-0.05, 0) is 48.2 Å². The van der Waals surface area contributed by atoms with Crippen molar-refractivity contribution in [2.45, 2.75) is 26.2 Å². The summed E-state index contributed by atoms with van der Waals surface area (Å²) in [5, 5.41) is 12.8. The van der Waals surface area contributed by atoms with Crippen LogP contribution < -0.4 is 10.2 Å². The third kappa shape index (κ3) is 5.52. The van der Waals surface area contributed by atoms with Crippen LogP contribution in [0.1, 0.15) is 41.6 Å². The number of aromatic nitrogens is 2. The zero-order chi connectivity index (χ0) is 18.9. The van der Waals surface area contributed by atoms with Crippen LogP contribution >= 0.6 is 11.3 Å². The maximum absolute atomic E-state index is 12.1. The second-order valence-electron chi connectivity index (χ2n) is 5.96. The molecule has 1 amide bonds. The summed E-state index contributed by atoms with van der Waals surface area (Å²) in [6.07, 6.45) is 5.02. The van der Waals surface area contributed by atoms with E-state index in [0.717, 1.165) is 29.2 Å². The van der Waals surface area contributed by atoms with Crippen LogP contribution in [0.3, 0.4) is 0 Å². The zero-order valence-corrected chi connectivity index (χ0v) is 16.0. The normalized spacial score (nSPS) is 11.0. The average Bonchev–Trinajstić information content (AvgIpc) is 3.38. The van der Waals surface area contributed by atoms with Gasteiger partial charge in [-0.2, -0.15) is 10.2 Å². The third-order valence-electron chi connectivity index (χ3n) is 3.89. The summed E-state index contributed by atoms with van der Waals surface area (Å²) in [7, 11) is 0. The number of H-pyrrole nitrogens is 1. The molecule has 2 heterocycles. The van der Waals surface area contributed by atoms with Crippen LogP contribution in [-0.2, 0) is 0 Å². The Hall–Kier alpha value is -2.93. The second kappa shape index (κ2) is 9.68. The summed E-state index contributed by atoms with van der Waals surface area (Å²) in [6, 6.07) is 13.3. The number of nitrogens with zero attached hydrogens (tertiary/aromatic N) is 2. The van der Waals surface area contributed by atoms with Gasteiger partial charge < -0.3 is 4.74 Å². The molecular weight excluding hydrogens is 360 g/mol. The summed E-state index contributed by atoms with van der Waals surface area (Å²) in [4.78, 5) is 13.1. The van der Waals surface area contributed by atoms with Gasteiger partial charge in [-0.25, -0.2) is 5.43 Å². The molecule has 0 radical (unpaired) electrons. The first-order chi connectivity index (χ1) is 13.3. The molecule has 0 aliphatic rings. The largest absolute Gasteiger partial charge is 0.494 e. The number of aromatic amines is 1. The SMILES string of the molecule is CCCCCOc1ccc(-c2cc(C(=O)N/N=C\c3cccs3)[nH]n2)cc1. The lowest BCUT2D eigenvalue weighted by Crippen LogP contribution is -2.17. The van der Waals surface area contributed by atoms with E-state index in [1.54, 1.807) is 23.6 Å². The molecule has 7 heteroatoms. The van der Waals surface area contributed by atoms with Gasteiger partial charge in [-0.15, -0.1) is 11.3 Å². The number of benzene rings is 1. The van der Waals surface area contributed by atoms with E-state index in [4.69, 9.17) is 4.74 Å². The highest BCUT2D eigenvalue weighted by molar-refractivity contribution is 7.11. The van der Waals surface area contributed by atoms with Gasteiger partial charge >= 0.3 is 0 Å². The second-order valence-corrected chi connectivity index (χ2v) is 6.94. The van der Waals surface area contributed by atoms with Crippen molar-refractivity contribution in [3.8, 4) is 17.0 Å². The van der Waals surface area contributed by atoms with Crippen LogP contribution in [0, 0.1) is 0 Å². The van der Waals surface area contributed by atoms with Crippen molar-refractivity contribution < 1.29 is 9.53 Å². The van der Waals surface area contributed by atoms with Crippen molar-refractivity contribution in [1.82, 2.24) is 15.6 Å². The predicted molar refractivity (Wildman–Crippen MR) is 108 cm³/mol. The van der Waals surface area contributed by atoms with Gasteiger partial charge in [-0.1, -0.05) is 25.8 Å². The van der Waals surface area contributed by atoms with Gasteiger partial charge in [0.25, 0.3) is 5.91 Å². The fourth-order valence-electron chi connectivity index (χ4n) is 2.43. The van der Waals surface area contributed by atoms with E-state index < -0.39 is 0 Å². The molecule has 3 rings (SSSR count). The van der Waals surface area contributed by atoms with E-state index in [9.17, 15) is 4.79 Å². The molecule has 3 aromatic rings. The molecule has 2 aromatic heterocycles. The highest BCUT2D eigenvalue weighted by Gasteiger charge is 2.10. The quantitative estimate of drug-likeness (QED) is 0.325. The van der Waals surface area contributed by atoms with Crippen molar-refractivity contribution in [1.29, 1.82) is 0 Å².